The molecule has 2 saturated carbocycles. The van der Waals surface area contributed by atoms with E-state index >= 15 is 0 Å². The molecular weight excluding hydrogens is 745 g/mol. The van der Waals surface area contributed by atoms with Gasteiger partial charge in [0.2, 0.25) is 5.91 Å². The van der Waals surface area contributed by atoms with Crippen LogP contribution in [0.3, 0.4) is 0 Å². The first-order valence-corrected chi connectivity index (χ1v) is 21.3. The fraction of sp³-hybridized carbons (Fsp3) is 0.841. The molecule has 0 heterocycles. The minimum Gasteiger partial charge on any atom is -0.466 e. The maximum atomic E-state index is 13.5. The SMILES string of the molecule is C=C(C)C(=O)OCCN(C(=O)CCC1(C)CC(NC(=O)OCCCCOC(=O)CC2CC(C)(C)CC(C)(CNC(=O)NCCOCCO)C2)CC(C)(C)C1)C(C)(C)C. The van der Waals surface area contributed by atoms with E-state index in [1.165, 1.54) is 0 Å². The zero-order valence-electron chi connectivity index (χ0n) is 37.6. The molecule has 0 radical (unpaired) electrons. The van der Waals surface area contributed by atoms with Crippen molar-refractivity contribution in [2.45, 2.75) is 151 Å². The molecular formula is C44H78N4O10. The number of ether oxygens (including phenoxy) is 4. The monoisotopic (exact) mass is 823 g/mol. The summed E-state index contributed by atoms with van der Waals surface area (Å²) in [6.07, 6.45) is 7.06. The van der Waals surface area contributed by atoms with Gasteiger partial charge in [0.25, 0.3) is 0 Å². The summed E-state index contributed by atoms with van der Waals surface area (Å²) >= 11 is 0. The number of rotatable bonds is 22. The highest BCUT2D eigenvalue weighted by molar-refractivity contribution is 5.87. The second kappa shape index (κ2) is 22.8. The van der Waals surface area contributed by atoms with Gasteiger partial charge in [-0.15, -0.1) is 0 Å². The number of carbonyl (C=O) groups excluding carboxylic acids is 5. The first-order valence-electron chi connectivity index (χ1n) is 21.3. The first-order chi connectivity index (χ1) is 26.9. The lowest BCUT2D eigenvalue weighted by atomic mass is 9.60. The van der Waals surface area contributed by atoms with E-state index in [9.17, 15) is 24.0 Å². The highest BCUT2D eigenvalue weighted by Gasteiger charge is 2.43. The van der Waals surface area contributed by atoms with Crippen LogP contribution in [0.4, 0.5) is 9.59 Å². The van der Waals surface area contributed by atoms with Gasteiger partial charge in [-0.1, -0.05) is 48.1 Å². The molecule has 2 fully saturated rings. The molecule has 0 aliphatic heterocycles. The number of hydrogen-bond donors (Lipinski definition) is 4. The summed E-state index contributed by atoms with van der Waals surface area (Å²) in [6, 6.07) is -0.362. The van der Waals surface area contributed by atoms with Crippen LogP contribution < -0.4 is 16.0 Å². The van der Waals surface area contributed by atoms with Gasteiger partial charge in [-0.05, 0) is 113 Å². The predicted molar refractivity (Wildman–Crippen MR) is 224 cm³/mol. The van der Waals surface area contributed by atoms with E-state index in [0.29, 0.717) is 63.9 Å². The summed E-state index contributed by atoms with van der Waals surface area (Å²) in [4.78, 5) is 65.1. The summed E-state index contributed by atoms with van der Waals surface area (Å²) in [5.74, 6) is -0.563. The summed E-state index contributed by atoms with van der Waals surface area (Å²) < 4.78 is 21.6. The molecule has 14 heteroatoms. The average molecular weight is 823 g/mol. The van der Waals surface area contributed by atoms with Gasteiger partial charge in [-0.3, -0.25) is 9.59 Å². The average Bonchev–Trinajstić information content (AvgIpc) is 3.07. The van der Waals surface area contributed by atoms with Crippen LogP contribution in [0.15, 0.2) is 12.2 Å². The van der Waals surface area contributed by atoms with Crippen LogP contribution >= 0.6 is 0 Å². The highest BCUT2D eigenvalue weighted by atomic mass is 16.6. The zero-order chi connectivity index (χ0) is 43.8. The molecule has 4 amide bonds. The molecule has 0 aromatic carbocycles. The molecule has 4 N–H and O–H groups in total. The van der Waals surface area contributed by atoms with Crippen LogP contribution in [0.25, 0.3) is 0 Å². The molecule has 2 aliphatic carbocycles. The molecule has 2 rings (SSSR count). The van der Waals surface area contributed by atoms with E-state index in [-0.39, 0.29) is 84.6 Å². The number of aliphatic hydroxyl groups is 1. The second-order valence-corrected chi connectivity index (χ2v) is 20.2. The molecule has 0 saturated heterocycles. The van der Waals surface area contributed by atoms with Gasteiger partial charge in [0, 0.05) is 43.1 Å². The Kier molecular flexibility index (Phi) is 20.0. The highest BCUT2D eigenvalue weighted by Crippen LogP contribution is 2.50. The van der Waals surface area contributed by atoms with Crippen LogP contribution in [0.2, 0.25) is 0 Å². The largest absolute Gasteiger partial charge is 0.466 e. The van der Waals surface area contributed by atoms with Gasteiger partial charge in [-0.2, -0.15) is 0 Å². The maximum Gasteiger partial charge on any atom is 0.407 e. The number of hydrogen-bond acceptors (Lipinski definition) is 10. The van der Waals surface area contributed by atoms with Crippen molar-refractivity contribution >= 4 is 30.0 Å². The summed E-state index contributed by atoms with van der Waals surface area (Å²) in [6.45, 7) is 26.5. The summed E-state index contributed by atoms with van der Waals surface area (Å²) in [5.41, 5.74) is -0.498. The molecule has 58 heavy (non-hydrogen) atoms. The lowest BCUT2D eigenvalue weighted by Gasteiger charge is -2.47. The van der Waals surface area contributed by atoms with E-state index in [0.717, 1.165) is 38.5 Å². The molecule has 4 atom stereocenters. The predicted octanol–water partition coefficient (Wildman–Crippen LogP) is 6.68. The van der Waals surface area contributed by atoms with Crippen molar-refractivity contribution in [1.82, 2.24) is 20.9 Å². The maximum absolute atomic E-state index is 13.5. The van der Waals surface area contributed by atoms with Crippen molar-refractivity contribution < 1.29 is 48.0 Å². The Morgan fingerprint density at radius 1 is 0.793 bits per heavy atom. The fourth-order valence-corrected chi connectivity index (χ4v) is 9.60. The Labute approximate surface area is 348 Å². The fourth-order valence-electron chi connectivity index (χ4n) is 9.60. The van der Waals surface area contributed by atoms with E-state index < -0.39 is 17.6 Å². The third-order valence-corrected chi connectivity index (χ3v) is 11.2. The van der Waals surface area contributed by atoms with Gasteiger partial charge >= 0.3 is 24.1 Å². The molecule has 14 nitrogen and oxygen atoms in total. The number of nitrogens with one attached hydrogen (secondary N) is 3. The lowest BCUT2D eigenvalue weighted by molar-refractivity contribution is -0.146. The standard InChI is InChI=1S/C44H78N4O10/c1-32(2)37(52)57-22-17-48(40(3,4)5)35(50)14-15-43(10)28-34(27-42(8,9)29-43)47-39(54)58-20-13-12-19-56-36(51)24-33-25-41(6,7)30-44(11,26-33)31-46-38(53)45-16-21-55-23-18-49/h33-34,49H,1,12-31H2,2-11H3,(H,47,54)(H2,45,46,53). The van der Waals surface area contributed by atoms with Crippen molar-refractivity contribution in [3.63, 3.8) is 0 Å². The van der Waals surface area contributed by atoms with E-state index in [2.05, 4.69) is 64.1 Å². The van der Waals surface area contributed by atoms with Crippen LogP contribution in [0.5, 0.6) is 0 Å². The second-order valence-electron chi connectivity index (χ2n) is 20.2. The summed E-state index contributed by atoms with van der Waals surface area (Å²) in [7, 11) is 0. The van der Waals surface area contributed by atoms with Gasteiger partial charge in [0.05, 0.1) is 39.6 Å². The van der Waals surface area contributed by atoms with Crippen molar-refractivity contribution in [3.05, 3.63) is 12.2 Å². The van der Waals surface area contributed by atoms with E-state index in [4.69, 9.17) is 24.1 Å². The topological polar surface area (TPSA) is 182 Å². The number of unbranched alkanes of at least 4 members (excludes halogenated alkanes) is 1. The number of aliphatic hydroxyl groups excluding tert-OH is 1. The van der Waals surface area contributed by atoms with Gasteiger partial charge in [0.1, 0.15) is 6.61 Å². The van der Waals surface area contributed by atoms with Crippen molar-refractivity contribution in [1.29, 1.82) is 0 Å². The Morgan fingerprint density at radius 3 is 2.07 bits per heavy atom. The number of carbonyl (C=O) groups is 5. The van der Waals surface area contributed by atoms with Crippen LogP contribution in [-0.2, 0) is 33.3 Å². The number of nitrogens with zero attached hydrogens (tertiary/aromatic N) is 1. The van der Waals surface area contributed by atoms with Gasteiger partial charge in [0.15, 0.2) is 0 Å². The third-order valence-electron chi connectivity index (χ3n) is 11.2. The van der Waals surface area contributed by atoms with E-state index in [1.807, 2.05) is 20.8 Å². The van der Waals surface area contributed by atoms with Gasteiger partial charge in [-0.25, -0.2) is 14.4 Å². The lowest BCUT2D eigenvalue weighted by Crippen LogP contribution is -2.49. The van der Waals surface area contributed by atoms with Crippen molar-refractivity contribution in [3.8, 4) is 0 Å². The molecule has 0 aromatic heterocycles. The Morgan fingerprint density at radius 2 is 1.43 bits per heavy atom. The molecule has 4 unspecified atom stereocenters. The van der Waals surface area contributed by atoms with Crippen LogP contribution in [0, 0.1) is 27.6 Å². The number of amides is 4. The number of esters is 2. The Bertz CT molecular complexity index is 1380. The van der Waals surface area contributed by atoms with Crippen molar-refractivity contribution in [2.24, 2.45) is 27.6 Å². The molecule has 2 aliphatic rings. The molecule has 0 aromatic rings. The number of alkyl carbamates (subject to hydrolysis) is 1. The Balaban J connectivity index is 1.75. The third kappa shape index (κ3) is 19.6. The van der Waals surface area contributed by atoms with Crippen LogP contribution in [-0.4, -0.2) is 111 Å². The normalized spacial score (nSPS) is 23.8. The quantitative estimate of drug-likeness (QED) is 0.0398. The first kappa shape index (κ1) is 50.8. The minimum absolute atomic E-state index is 0.00395. The minimum atomic E-state index is -0.469. The van der Waals surface area contributed by atoms with Crippen molar-refractivity contribution in [2.75, 3.05) is 59.3 Å². The Hall–Kier alpha value is -3.39. The number of urea groups is 1. The zero-order valence-corrected chi connectivity index (χ0v) is 37.6. The van der Waals surface area contributed by atoms with Crippen LogP contribution in [0.1, 0.15) is 140 Å². The van der Waals surface area contributed by atoms with Gasteiger partial charge < -0.3 is 44.9 Å². The molecule has 0 bridgehead atoms. The molecule has 334 valence electrons. The smallest absolute Gasteiger partial charge is 0.407 e. The molecule has 0 spiro atoms. The summed E-state index contributed by atoms with van der Waals surface area (Å²) in [5, 5.41) is 17.6. The van der Waals surface area contributed by atoms with E-state index in [1.54, 1.807) is 11.8 Å².